The van der Waals surface area contributed by atoms with E-state index in [-0.39, 0.29) is 28.6 Å². The van der Waals surface area contributed by atoms with Crippen LogP contribution in [0.5, 0.6) is 0 Å². The number of rotatable bonds is 4. The van der Waals surface area contributed by atoms with Crippen molar-refractivity contribution in [1.29, 1.82) is 0 Å². The van der Waals surface area contributed by atoms with Crippen LogP contribution < -0.4 is 11.1 Å². The summed E-state index contributed by atoms with van der Waals surface area (Å²) in [5, 5.41) is 3.88. The van der Waals surface area contributed by atoms with Gasteiger partial charge in [0.1, 0.15) is 0 Å². The summed E-state index contributed by atoms with van der Waals surface area (Å²) in [5.74, 6) is -0.328. The summed E-state index contributed by atoms with van der Waals surface area (Å²) in [6.07, 6.45) is 0.253. The van der Waals surface area contributed by atoms with Gasteiger partial charge in [-0.3, -0.25) is 9.78 Å². The topological polar surface area (TPSA) is 68.0 Å². The Morgan fingerprint density at radius 2 is 1.84 bits per heavy atom. The zero-order chi connectivity index (χ0) is 22.9. The zero-order valence-electron chi connectivity index (χ0n) is 17.2. The number of carbonyl (C=O) groups is 1. The number of amides is 1. The second-order valence-corrected chi connectivity index (χ2v) is 8.67. The Hall–Kier alpha value is -2.64. The van der Waals surface area contributed by atoms with Gasteiger partial charge in [0.2, 0.25) is 0 Å². The van der Waals surface area contributed by atoms with Gasteiger partial charge in [0.05, 0.1) is 21.7 Å². The van der Waals surface area contributed by atoms with Gasteiger partial charge in [-0.25, -0.2) is 0 Å². The summed E-state index contributed by atoms with van der Waals surface area (Å²) in [7, 11) is 0. The summed E-state index contributed by atoms with van der Waals surface area (Å²) in [5.41, 5.74) is 7.46. The van der Waals surface area contributed by atoms with Crippen molar-refractivity contribution < 1.29 is 18.0 Å². The Bertz CT molecular complexity index is 1130. The molecule has 1 aliphatic carbocycles. The number of halogens is 4. The molecule has 1 aliphatic rings. The van der Waals surface area contributed by atoms with Gasteiger partial charge in [-0.2, -0.15) is 13.2 Å². The van der Waals surface area contributed by atoms with Crippen LogP contribution in [0.3, 0.4) is 0 Å². The molecule has 4 nitrogen and oxygen atoms in total. The molecule has 1 atom stereocenters. The molecule has 8 heteroatoms. The van der Waals surface area contributed by atoms with E-state index in [1.165, 1.54) is 0 Å². The van der Waals surface area contributed by atoms with Gasteiger partial charge in [0, 0.05) is 23.7 Å². The van der Waals surface area contributed by atoms with Crippen LogP contribution in [0, 0.1) is 5.92 Å². The van der Waals surface area contributed by atoms with Gasteiger partial charge in [-0.15, -0.1) is 0 Å². The van der Waals surface area contributed by atoms with Gasteiger partial charge < -0.3 is 11.1 Å². The lowest BCUT2D eigenvalue weighted by molar-refractivity contribution is -0.137. The number of hydrogen-bond acceptors (Lipinski definition) is 3. The fourth-order valence-corrected chi connectivity index (χ4v) is 4.54. The van der Waals surface area contributed by atoms with Crippen molar-refractivity contribution in [3.63, 3.8) is 0 Å². The fraction of sp³-hybridized carbons (Fsp3) is 0.333. The maximum absolute atomic E-state index is 13.0. The first-order chi connectivity index (χ1) is 15.2. The molecular weight excluding hydrogens is 439 g/mol. The molecule has 0 bridgehead atoms. The number of benzene rings is 2. The Kier molecular flexibility index (Phi) is 6.40. The number of aromatic nitrogens is 1. The smallest absolute Gasteiger partial charge is 0.349 e. The normalized spacial score (nSPS) is 20.2. The summed E-state index contributed by atoms with van der Waals surface area (Å²) < 4.78 is 38.9. The third-order valence-corrected chi connectivity index (χ3v) is 6.49. The Balaban J connectivity index is 1.38. The molecule has 2 aromatic carbocycles. The van der Waals surface area contributed by atoms with Crippen LogP contribution in [0.4, 0.5) is 13.2 Å². The Morgan fingerprint density at radius 1 is 1.09 bits per heavy atom. The largest absolute Gasteiger partial charge is 0.416 e. The average molecular weight is 462 g/mol. The first-order valence-corrected chi connectivity index (χ1v) is 10.9. The summed E-state index contributed by atoms with van der Waals surface area (Å²) >= 11 is 5.98. The van der Waals surface area contributed by atoms with E-state index in [4.69, 9.17) is 17.3 Å². The van der Waals surface area contributed by atoms with Crippen molar-refractivity contribution in [2.75, 3.05) is 0 Å². The number of nitrogens with zero attached hydrogens (tertiary/aromatic N) is 1. The number of nitrogens with two attached hydrogens (primary N) is 1. The standard InChI is InChI=1S/C24H23ClF3N3O/c25-20-9-6-17(24(26,27)28)13-19(20)23(32)31-18-7-3-14(4-8-18)22(29)16-5-10-21-15(12-16)2-1-11-30-21/h1-2,5-6,9-14,18,22H,3-4,7-8,29H2,(H,31,32). The molecule has 1 aromatic heterocycles. The van der Waals surface area contributed by atoms with E-state index in [0.717, 1.165) is 47.5 Å². The molecule has 168 valence electrons. The monoisotopic (exact) mass is 461 g/mol. The molecule has 0 radical (unpaired) electrons. The number of carbonyl (C=O) groups excluding carboxylic acids is 1. The van der Waals surface area contributed by atoms with Gasteiger partial charge in [0.25, 0.3) is 5.91 Å². The van der Waals surface area contributed by atoms with Gasteiger partial charge in [0.15, 0.2) is 0 Å². The number of fused-ring (bicyclic) bond motifs is 1. The average Bonchev–Trinajstić information content (AvgIpc) is 2.78. The number of nitrogens with one attached hydrogen (secondary N) is 1. The van der Waals surface area contributed by atoms with Gasteiger partial charge >= 0.3 is 6.18 Å². The van der Waals surface area contributed by atoms with Gasteiger partial charge in [-0.05, 0) is 73.6 Å². The first-order valence-electron chi connectivity index (χ1n) is 10.5. The molecule has 1 heterocycles. The van der Waals surface area contributed by atoms with E-state index in [0.29, 0.717) is 12.8 Å². The number of pyridine rings is 1. The van der Waals surface area contributed by atoms with Gasteiger partial charge in [-0.1, -0.05) is 23.7 Å². The summed E-state index contributed by atoms with van der Waals surface area (Å²) in [6.45, 7) is 0. The third kappa shape index (κ3) is 4.89. The molecule has 1 amide bonds. The highest BCUT2D eigenvalue weighted by Gasteiger charge is 2.32. The molecule has 4 rings (SSSR count). The minimum absolute atomic E-state index is 0.00278. The van der Waals surface area contributed by atoms with E-state index < -0.39 is 17.6 Å². The van der Waals surface area contributed by atoms with E-state index in [9.17, 15) is 18.0 Å². The predicted molar refractivity (Wildman–Crippen MR) is 118 cm³/mol. The van der Waals surface area contributed by atoms with Crippen LogP contribution >= 0.6 is 11.6 Å². The molecule has 0 saturated heterocycles. The molecule has 3 aromatic rings. The second kappa shape index (κ2) is 9.08. The molecular formula is C24H23ClF3N3O. The lowest BCUT2D eigenvalue weighted by atomic mass is 9.79. The van der Waals surface area contributed by atoms with Crippen LogP contribution in [-0.2, 0) is 6.18 Å². The maximum atomic E-state index is 13.0. The van der Waals surface area contributed by atoms with E-state index in [2.05, 4.69) is 16.4 Å². The number of alkyl halides is 3. The fourth-order valence-electron chi connectivity index (χ4n) is 4.34. The van der Waals surface area contributed by atoms with Crippen LogP contribution in [0.2, 0.25) is 5.02 Å². The second-order valence-electron chi connectivity index (χ2n) is 8.26. The molecule has 0 aliphatic heterocycles. The van der Waals surface area contributed by atoms with Crippen LogP contribution in [0.25, 0.3) is 10.9 Å². The lowest BCUT2D eigenvalue weighted by Gasteiger charge is -2.33. The van der Waals surface area contributed by atoms with E-state index in [1.54, 1.807) is 6.20 Å². The highest BCUT2D eigenvalue weighted by molar-refractivity contribution is 6.33. The van der Waals surface area contributed by atoms with Crippen molar-refractivity contribution in [1.82, 2.24) is 10.3 Å². The molecule has 0 spiro atoms. The van der Waals surface area contributed by atoms with E-state index in [1.807, 2.05) is 24.3 Å². The minimum atomic E-state index is -4.54. The zero-order valence-corrected chi connectivity index (χ0v) is 18.0. The predicted octanol–water partition coefficient (Wildman–Crippen LogP) is 5.90. The Labute approximate surface area is 189 Å². The maximum Gasteiger partial charge on any atom is 0.416 e. The van der Waals surface area contributed by atoms with Crippen molar-refractivity contribution in [3.05, 3.63) is 76.4 Å². The van der Waals surface area contributed by atoms with Crippen LogP contribution in [-0.4, -0.2) is 16.9 Å². The SMILES string of the molecule is NC(c1ccc2ncccc2c1)C1CCC(NC(=O)c2cc(C(F)(F)F)ccc2Cl)CC1. The highest BCUT2D eigenvalue weighted by Crippen LogP contribution is 2.35. The third-order valence-electron chi connectivity index (χ3n) is 6.17. The van der Waals surface area contributed by atoms with Crippen molar-refractivity contribution in [3.8, 4) is 0 Å². The lowest BCUT2D eigenvalue weighted by Crippen LogP contribution is -2.39. The molecule has 1 unspecified atom stereocenters. The van der Waals surface area contributed by atoms with Crippen LogP contribution in [0.1, 0.15) is 53.2 Å². The van der Waals surface area contributed by atoms with Crippen molar-refractivity contribution in [2.45, 2.75) is 43.9 Å². The molecule has 1 fully saturated rings. The summed E-state index contributed by atoms with van der Waals surface area (Å²) in [4.78, 5) is 16.9. The van der Waals surface area contributed by atoms with Crippen LogP contribution in [0.15, 0.2) is 54.7 Å². The molecule has 1 saturated carbocycles. The number of hydrogen-bond donors (Lipinski definition) is 2. The van der Waals surface area contributed by atoms with E-state index >= 15 is 0 Å². The van der Waals surface area contributed by atoms with Crippen molar-refractivity contribution >= 4 is 28.4 Å². The highest BCUT2D eigenvalue weighted by atomic mass is 35.5. The quantitative estimate of drug-likeness (QED) is 0.508. The first kappa shape index (κ1) is 22.6. The molecule has 3 N–H and O–H groups in total. The minimum Gasteiger partial charge on any atom is -0.349 e. The summed E-state index contributed by atoms with van der Waals surface area (Å²) in [6, 6.07) is 12.4. The Morgan fingerprint density at radius 3 is 2.56 bits per heavy atom. The molecule has 32 heavy (non-hydrogen) atoms. The van der Waals surface area contributed by atoms with Crippen molar-refractivity contribution in [2.24, 2.45) is 11.7 Å².